The minimum atomic E-state index is -0.137. The Morgan fingerprint density at radius 2 is 2.31 bits per heavy atom. The van der Waals surface area contributed by atoms with E-state index in [0.717, 1.165) is 30.7 Å². The zero-order valence-electron chi connectivity index (χ0n) is 9.13. The largest absolute Gasteiger partial charge is 0.496 e. The van der Waals surface area contributed by atoms with Gasteiger partial charge in [-0.05, 0) is 31.0 Å². The minimum Gasteiger partial charge on any atom is -0.496 e. The highest BCUT2D eigenvalue weighted by Crippen LogP contribution is 2.33. The van der Waals surface area contributed by atoms with Crippen LogP contribution >= 0.6 is 11.6 Å². The summed E-state index contributed by atoms with van der Waals surface area (Å²) in [6, 6.07) is 5.39. The Bertz CT molecular complexity index is 406. The van der Waals surface area contributed by atoms with E-state index >= 15 is 0 Å². The number of carbonyl (C=O) groups is 1. The summed E-state index contributed by atoms with van der Waals surface area (Å²) in [5, 5.41) is 3.50. The molecule has 1 fully saturated rings. The third kappa shape index (κ3) is 2.14. The first-order chi connectivity index (χ1) is 7.72. The SMILES string of the molecule is COc1ccc(Cl)cc1C1CCCNC1=O. The normalized spacial score (nSPS) is 20.4. The Kier molecular flexibility index (Phi) is 3.34. The van der Waals surface area contributed by atoms with Crippen molar-refractivity contribution in [1.29, 1.82) is 0 Å². The van der Waals surface area contributed by atoms with Crippen LogP contribution in [0, 0.1) is 0 Å². The Labute approximate surface area is 99.7 Å². The number of halogens is 1. The number of benzene rings is 1. The number of amides is 1. The molecule has 4 heteroatoms. The number of carbonyl (C=O) groups excluding carboxylic acids is 1. The molecule has 1 heterocycles. The second-order valence-corrected chi connectivity index (χ2v) is 4.31. The van der Waals surface area contributed by atoms with Crippen LogP contribution in [0.1, 0.15) is 24.3 Å². The summed E-state index contributed by atoms with van der Waals surface area (Å²) in [5.74, 6) is 0.653. The van der Waals surface area contributed by atoms with E-state index in [-0.39, 0.29) is 11.8 Å². The average molecular weight is 240 g/mol. The molecule has 2 rings (SSSR count). The van der Waals surface area contributed by atoms with Gasteiger partial charge >= 0.3 is 0 Å². The standard InChI is InChI=1S/C12H14ClNO2/c1-16-11-5-4-8(13)7-10(11)9-3-2-6-14-12(9)15/h4-5,7,9H,2-3,6H2,1H3,(H,14,15). The zero-order valence-corrected chi connectivity index (χ0v) is 9.88. The number of ether oxygens (including phenoxy) is 1. The number of methoxy groups -OCH3 is 1. The second-order valence-electron chi connectivity index (χ2n) is 3.87. The topological polar surface area (TPSA) is 38.3 Å². The number of nitrogens with one attached hydrogen (secondary N) is 1. The maximum absolute atomic E-state index is 11.8. The van der Waals surface area contributed by atoms with Crippen LogP contribution in [0.3, 0.4) is 0 Å². The summed E-state index contributed by atoms with van der Waals surface area (Å²) in [4.78, 5) is 11.8. The van der Waals surface area contributed by atoms with E-state index in [1.165, 1.54) is 0 Å². The summed E-state index contributed by atoms with van der Waals surface area (Å²) < 4.78 is 5.26. The molecular formula is C12H14ClNO2. The highest BCUT2D eigenvalue weighted by atomic mass is 35.5. The highest BCUT2D eigenvalue weighted by Gasteiger charge is 2.26. The fraction of sp³-hybridized carbons (Fsp3) is 0.417. The molecule has 16 heavy (non-hydrogen) atoms. The summed E-state index contributed by atoms with van der Waals surface area (Å²) >= 11 is 5.95. The smallest absolute Gasteiger partial charge is 0.227 e. The van der Waals surface area contributed by atoms with Gasteiger partial charge < -0.3 is 10.1 Å². The predicted molar refractivity (Wildman–Crippen MR) is 63.0 cm³/mol. The first kappa shape index (κ1) is 11.3. The minimum absolute atomic E-state index is 0.0619. The van der Waals surface area contributed by atoms with Crippen molar-refractivity contribution in [2.24, 2.45) is 0 Å². The maximum atomic E-state index is 11.8. The maximum Gasteiger partial charge on any atom is 0.227 e. The van der Waals surface area contributed by atoms with Crippen LogP contribution in [-0.2, 0) is 4.79 Å². The van der Waals surface area contributed by atoms with Crippen molar-refractivity contribution in [2.45, 2.75) is 18.8 Å². The van der Waals surface area contributed by atoms with Gasteiger partial charge in [0.05, 0.1) is 13.0 Å². The summed E-state index contributed by atoms with van der Waals surface area (Å²) in [6.45, 7) is 0.762. The summed E-state index contributed by atoms with van der Waals surface area (Å²) in [5.41, 5.74) is 0.882. The molecule has 0 saturated carbocycles. The molecule has 0 spiro atoms. The number of hydrogen-bond acceptors (Lipinski definition) is 2. The molecule has 1 unspecified atom stereocenters. The fourth-order valence-corrected chi connectivity index (χ4v) is 2.23. The van der Waals surface area contributed by atoms with E-state index in [2.05, 4.69) is 5.32 Å². The molecule has 0 radical (unpaired) electrons. The van der Waals surface area contributed by atoms with Crippen LogP contribution in [0.25, 0.3) is 0 Å². The van der Waals surface area contributed by atoms with E-state index in [1.807, 2.05) is 6.07 Å². The van der Waals surface area contributed by atoms with Crippen molar-refractivity contribution in [2.75, 3.05) is 13.7 Å². The summed E-state index contributed by atoms with van der Waals surface area (Å²) in [7, 11) is 1.60. The van der Waals surface area contributed by atoms with Crippen LogP contribution in [0.2, 0.25) is 5.02 Å². The van der Waals surface area contributed by atoms with Gasteiger partial charge in [0.1, 0.15) is 5.75 Å². The Morgan fingerprint density at radius 3 is 3.00 bits per heavy atom. The molecule has 1 aromatic carbocycles. The van der Waals surface area contributed by atoms with Crippen LogP contribution in [0.5, 0.6) is 5.75 Å². The first-order valence-electron chi connectivity index (χ1n) is 5.33. The fourth-order valence-electron chi connectivity index (χ4n) is 2.05. The quantitative estimate of drug-likeness (QED) is 0.860. The van der Waals surface area contributed by atoms with Crippen molar-refractivity contribution in [3.05, 3.63) is 28.8 Å². The van der Waals surface area contributed by atoms with E-state index in [4.69, 9.17) is 16.3 Å². The molecule has 0 aliphatic carbocycles. The van der Waals surface area contributed by atoms with Gasteiger partial charge in [-0.3, -0.25) is 4.79 Å². The molecule has 86 valence electrons. The van der Waals surface area contributed by atoms with Gasteiger partial charge in [0.25, 0.3) is 0 Å². The molecule has 1 aromatic rings. The average Bonchev–Trinajstić information content (AvgIpc) is 2.29. The predicted octanol–water partition coefficient (Wildman–Crippen LogP) is 2.34. The molecule has 1 atom stereocenters. The lowest BCUT2D eigenvalue weighted by Crippen LogP contribution is -2.35. The number of rotatable bonds is 2. The molecule has 1 N–H and O–H groups in total. The molecule has 0 aromatic heterocycles. The van der Waals surface area contributed by atoms with Crippen molar-refractivity contribution in [3.8, 4) is 5.75 Å². The Hall–Kier alpha value is -1.22. The molecule has 1 aliphatic rings. The van der Waals surface area contributed by atoms with Gasteiger partial charge in [-0.2, -0.15) is 0 Å². The summed E-state index contributed by atoms with van der Waals surface area (Å²) in [6.07, 6.45) is 1.84. The van der Waals surface area contributed by atoms with Gasteiger partial charge in [-0.15, -0.1) is 0 Å². The van der Waals surface area contributed by atoms with E-state index in [9.17, 15) is 4.79 Å². The third-order valence-electron chi connectivity index (χ3n) is 2.85. The lowest BCUT2D eigenvalue weighted by atomic mass is 9.90. The van der Waals surface area contributed by atoms with Crippen molar-refractivity contribution in [1.82, 2.24) is 5.32 Å². The van der Waals surface area contributed by atoms with Gasteiger partial charge in [0.15, 0.2) is 0 Å². The van der Waals surface area contributed by atoms with Gasteiger partial charge in [0.2, 0.25) is 5.91 Å². The second kappa shape index (κ2) is 4.74. The highest BCUT2D eigenvalue weighted by molar-refractivity contribution is 6.30. The number of hydrogen-bond donors (Lipinski definition) is 1. The Morgan fingerprint density at radius 1 is 1.50 bits per heavy atom. The lowest BCUT2D eigenvalue weighted by Gasteiger charge is -2.23. The van der Waals surface area contributed by atoms with Crippen molar-refractivity contribution < 1.29 is 9.53 Å². The van der Waals surface area contributed by atoms with Crippen LogP contribution in [-0.4, -0.2) is 19.6 Å². The molecule has 0 bridgehead atoms. The molecule has 1 amide bonds. The molecule has 3 nitrogen and oxygen atoms in total. The van der Waals surface area contributed by atoms with Gasteiger partial charge in [-0.1, -0.05) is 11.6 Å². The molecular weight excluding hydrogens is 226 g/mol. The van der Waals surface area contributed by atoms with E-state index in [0.29, 0.717) is 5.02 Å². The molecule has 1 saturated heterocycles. The zero-order chi connectivity index (χ0) is 11.5. The van der Waals surface area contributed by atoms with Gasteiger partial charge in [0, 0.05) is 17.1 Å². The lowest BCUT2D eigenvalue weighted by molar-refractivity contribution is -0.123. The molecule has 1 aliphatic heterocycles. The van der Waals surface area contributed by atoms with Crippen LogP contribution < -0.4 is 10.1 Å². The first-order valence-corrected chi connectivity index (χ1v) is 5.71. The van der Waals surface area contributed by atoms with Crippen LogP contribution in [0.4, 0.5) is 0 Å². The van der Waals surface area contributed by atoms with E-state index in [1.54, 1.807) is 19.2 Å². The van der Waals surface area contributed by atoms with Crippen LogP contribution in [0.15, 0.2) is 18.2 Å². The van der Waals surface area contributed by atoms with Crippen molar-refractivity contribution in [3.63, 3.8) is 0 Å². The van der Waals surface area contributed by atoms with E-state index < -0.39 is 0 Å². The third-order valence-corrected chi connectivity index (χ3v) is 3.09. The van der Waals surface area contributed by atoms with Crippen molar-refractivity contribution >= 4 is 17.5 Å². The monoisotopic (exact) mass is 239 g/mol. The van der Waals surface area contributed by atoms with Gasteiger partial charge in [-0.25, -0.2) is 0 Å². The Balaban J connectivity index is 2.36. The number of piperidine rings is 1.